The molecule has 4 heteroatoms. The molecule has 0 fully saturated rings. The monoisotopic (exact) mass is 559 g/mol. The van der Waals surface area contributed by atoms with Crippen LogP contribution in [0.3, 0.4) is 0 Å². The summed E-state index contributed by atoms with van der Waals surface area (Å²) in [5, 5.41) is 1.60. The Morgan fingerprint density at radius 1 is 0.857 bits per heavy atom. The molecule has 0 aromatic heterocycles. The molecule has 1 atom stereocenters. The molecular weight excluding hydrogens is 517 g/mol. The van der Waals surface area contributed by atoms with E-state index in [1.165, 1.54) is 67.8 Å². The van der Waals surface area contributed by atoms with Crippen LogP contribution in [0.2, 0.25) is 10.3 Å². The van der Waals surface area contributed by atoms with Gasteiger partial charge in [-0.15, -0.1) is 0 Å². The predicted octanol–water partition coefficient (Wildman–Crippen LogP) is 8.29. The van der Waals surface area contributed by atoms with Crippen LogP contribution in [0.4, 0.5) is 0 Å². The van der Waals surface area contributed by atoms with Crippen molar-refractivity contribution >= 4 is 42.6 Å². The first-order valence-electron chi connectivity index (χ1n) is 13.4. The standard InChI is InChI=1S/C31H42ClNOSe/c1-4-5-6-7-8-9-10-11-12-16-22-33-29(26-18-17-19-27(32)23-26)25(2)31(3,30(33)34)24-35-28-20-14-13-15-21-28/h13-15,17-21,23H,4-12,16,22,24H2,1-3H3. The second kappa shape index (κ2) is 14.3. The molecule has 0 spiro atoms. The fourth-order valence-corrected chi connectivity index (χ4v) is 7.51. The van der Waals surface area contributed by atoms with Crippen LogP contribution in [0, 0.1) is 5.41 Å². The molecule has 2 aromatic rings. The quantitative estimate of drug-likeness (QED) is 0.159. The van der Waals surface area contributed by atoms with E-state index in [1.807, 2.05) is 18.2 Å². The van der Waals surface area contributed by atoms with E-state index in [0.29, 0.717) is 0 Å². The van der Waals surface area contributed by atoms with Crippen molar-refractivity contribution in [1.29, 1.82) is 0 Å². The molecular formula is C31H42ClNOSe. The SMILES string of the molecule is CCCCCCCCCCCCN1C(=O)C(C)(C[Se]c2ccccc2)C(C)=C1c1cccc(Cl)c1. The molecule has 0 radical (unpaired) electrons. The van der Waals surface area contributed by atoms with E-state index in [0.717, 1.165) is 34.6 Å². The Morgan fingerprint density at radius 3 is 2.11 bits per heavy atom. The van der Waals surface area contributed by atoms with Gasteiger partial charge >= 0.3 is 199 Å². The van der Waals surface area contributed by atoms with Gasteiger partial charge in [-0.05, 0) is 0 Å². The van der Waals surface area contributed by atoms with Crippen molar-refractivity contribution in [1.82, 2.24) is 4.90 Å². The fraction of sp³-hybridized carbons (Fsp3) is 0.516. The zero-order chi connectivity index (χ0) is 25.1. The van der Waals surface area contributed by atoms with Crippen molar-refractivity contribution in [2.45, 2.75) is 90.3 Å². The summed E-state index contributed by atoms with van der Waals surface area (Å²) < 4.78 is 1.35. The first kappa shape index (κ1) is 28.0. The van der Waals surface area contributed by atoms with Gasteiger partial charge in [0.05, 0.1) is 0 Å². The average molecular weight is 559 g/mol. The van der Waals surface area contributed by atoms with E-state index in [1.54, 1.807) is 0 Å². The predicted molar refractivity (Wildman–Crippen MR) is 152 cm³/mol. The second-order valence-corrected chi connectivity index (χ2v) is 12.7. The van der Waals surface area contributed by atoms with Crippen LogP contribution in [0.5, 0.6) is 0 Å². The van der Waals surface area contributed by atoms with Crippen molar-refractivity contribution in [3.63, 3.8) is 0 Å². The summed E-state index contributed by atoms with van der Waals surface area (Å²) in [5.41, 5.74) is 2.88. The summed E-state index contributed by atoms with van der Waals surface area (Å²) in [5.74, 6) is 0.263. The fourth-order valence-electron chi connectivity index (χ4n) is 4.92. The molecule has 3 rings (SSSR count). The normalized spacial score (nSPS) is 18.1. The number of carbonyl (C=O) groups excluding carboxylic acids is 1. The molecule has 35 heavy (non-hydrogen) atoms. The third-order valence-electron chi connectivity index (χ3n) is 7.27. The van der Waals surface area contributed by atoms with Crippen molar-refractivity contribution in [3.05, 3.63) is 70.8 Å². The molecule has 0 aliphatic carbocycles. The molecule has 2 nitrogen and oxygen atoms in total. The van der Waals surface area contributed by atoms with Crippen LogP contribution < -0.4 is 4.46 Å². The zero-order valence-electron chi connectivity index (χ0n) is 21.8. The van der Waals surface area contributed by atoms with Crippen LogP contribution in [-0.2, 0) is 4.79 Å². The van der Waals surface area contributed by atoms with Gasteiger partial charge in [0.15, 0.2) is 0 Å². The van der Waals surface area contributed by atoms with Gasteiger partial charge in [0.2, 0.25) is 0 Å². The molecule has 1 unspecified atom stereocenters. The first-order valence-corrected chi connectivity index (χ1v) is 15.9. The van der Waals surface area contributed by atoms with Gasteiger partial charge in [0.25, 0.3) is 0 Å². The molecule has 1 amide bonds. The minimum atomic E-state index is -0.452. The number of amides is 1. The van der Waals surface area contributed by atoms with Crippen molar-refractivity contribution < 1.29 is 4.79 Å². The number of rotatable bonds is 15. The van der Waals surface area contributed by atoms with E-state index in [9.17, 15) is 4.79 Å². The van der Waals surface area contributed by atoms with E-state index >= 15 is 0 Å². The number of benzene rings is 2. The van der Waals surface area contributed by atoms with Gasteiger partial charge in [0, 0.05) is 0 Å². The van der Waals surface area contributed by atoms with Crippen LogP contribution in [0.1, 0.15) is 90.5 Å². The van der Waals surface area contributed by atoms with E-state index < -0.39 is 5.41 Å². The summed E-state index contributed by atoms with van der Waals surface area (Å²) in [6, 6.07) is 18.6. The molecule has 1 heterocycles. The minimum absolute atomic E-state index is 0.250. The van der Waals surface area contributed by atoms with E-state index in [4.69, 9.17) is 11.6 Å². The molecule has 0 N–H and O–H groups in total. The first-order chi connectivity index (χ1) is 17.0. The van der Waals surface area contributed by atoms with Gasteiger partial charge in [0.1, 0.15) is 0 Å². The van der Waals surface area contributed by atoms with Crippen molar-refractivity contribution in [2.75, 3.05) is 6.54 Å². The number of unbranched alkanes of at least 4 members (excludes halogenated alkanes) is 9. The molecule has 1 aliphatic heterocycles. The summed E-state index contributed by atoms with van der Waals surface area (Å²) in [6.45, 7) is 7.38. The molecule has 2 aromatic carbocycles. The number of hydrogen-bond acceptors (Lipinski definition) is 1. The number of nitrogens with zero attached hydrogens (tertiary/aromatic N) is 1. The number of carbonyl (C=O) groups is 1. The summed E-state index contributed by atoms with van der Waals surface area (Å²) >= 11 is 6.61. The maximum atomic E-state index is 13.9. The Kier molecular flexibility index (Phi) is 11.4. The Hall–Kier alpha value is -1.54. The molecule has 0 saturated heterocycles. The van der Waals surface area contributed by atoms with Crippen LogP contribution >= 0.6 is 11.6 Å². The Balaban J connectivity index is 1.63. The maximum absolute atomic E-state index is 13.9. The van der Waals surface area contributed by atoms with Gasteiger partial charge < -0.3 is 0 Å². The van der Waals surface area contributed by atoms with E-state index in [-0.39, 0.29) is 20.9 Å². The second-order valence-electron chi connectivity index (χ2n) is 10.1. The topological polar surface area (TPSA) is 20.3 Å². The molecule has 1 aliphatic rings. The Bertz CT molecular complexity index is 973. The van der Waals surface area contributed by atoms with E-state index in [2.05, 4.69) is 62.1 Å². The average Bonchev–Trinajstić information content (AvgIpc) is 3.05. The number of hydrogen-bond donors (Lipinski definition) is 0. The van der Waals surface area contributed by atoms with Crippen LogP contribution in [-0.4, -0.2) is 32.3 Å². The number of halogens is 1. The molecule has 190 valence electrons. The van der Waals surface area contributed by atoms with Gasteiger partial charge in [-0.2, -0.15) is 0 Å². The van der Waals surface area contributed by atoms with Gasteiger partial charge in [-0.25, -0.2) is 0 Å². The third-order valence-corrected chi connectivity index (χ3v) is 10.3. The van der Waals surface area contributed by atoms with Crippen LogP contribution in [0.25, 0.3) is 5.70 Å². The summed E-state index contributed by atoms with van der Waals surface area (Å²) in [6.07, 6.45) is 13.0. The zero-order valence-corrected chi connectivity index (χ0v) is 24.3. The third kappa shape index (κ3) is 7.72. The van der Waals surface area contributed by atoms with Gasteiger partial charge in [-0.3, -0.25) is 0 Å². The Morgan fingerprint density at radius 2 is 1.49 bits per heavy atom. The van der Waals surface area contributed by atoms with Crippen molar-refractivity contribution in [3.8, 4) is 0 Å². The Labute approximate surface area is 224 Å². The molecule has 0 bridgehead atoms. The molecule has 0 saturated carbocycles. The van der Waals surface area contributed by atoms with Crippen molar-refractivity contribution in [2.24, 2.45) is 5.41 Å². The van der Waals surface area contributed by atoms with Gasteiger partial charge in [-0.1, -0.05) is 26.2 Å². The van der Waals surface area contributed by atoms with Crippen LogP contribution in [0.15, 0.2) is 60.2 Å². The summed E-state index contributed by atoms with van der Waals surface area (Å²) in [4.78, 5) is 16.0. The summed E-state index contributed by atoms with van der Waals surface area (Å²) in [7, 11) is 0.